The van der Waals surface area contributed by atoms with Crippen LogP contribution in [-0.4, -0.2) is 81.4 Å². The maximum absolute atomic E-state index is 12.4. The zero-order valence-electron chi connectivity index (χ0n) is 22.5. The number of thioether (sulfide) groups is 2. The van der Waals surface area contributed by atoms with Crippen LogP contribution in [0.5, 0.6) is 0 Å². The van der Waals surface area contributed by atoms with Gasteiger partial charge in [-0.2, -0.15) is 0 Å². The van der Waals surface area contributed by atoms with E-state index in [1.165, 1.54) is 23.5 Å². The Bertz CT molecular complexity index is 964. The molecule has 0 bridgehead atoms. The molecule has 204 valence electrons. The molecule has 2 aromatic heterocycles. The second kappa shape index (κ2) is 13.7. The Labute approximate surface area is 223 Å². The second-order valence-electron chi connectivity index (χ2n) is 9.17. The summed E-state index contributed by atoms with van der Waals surface area (Å²) in [6, 6.07) is 0. The van der Waals surface area contributed by atoms with Crippen molar-refractivity contribution in [3.05, 3.63) is 11.9 Å². The lowest BCUT2D eigenvalue weighted by Gasteiger charge is -2.39. The molecule has 3 rings (SSSR count). The Hall–Kier alpha value is -0.950. The molecule has 3 heterocycles. The second-order valence-corrected chi connectivity index (χ2v) is 10.7. The lowest BCUT2D eigenvalue weighted by molar-refractivity contribution is -0.291. The first-order valence-corrected chi connectivity index (χ1v) is 15.4. The molecule has 0 unspecified atom stereocenters. The minimum atomic E-state index is -1.87. The van der Waals surface area contributed by atoms with Crippen molar-refractivity contribution in [3.8, 4) is 0 Å². The van der Waals surface area contributed by atoms with Gasteiger partial charge in [0.05, 0.1) is 12.8 Å². The van der Waals surface area contributed by atoms with E-state index in [0.29, 0.717) is 42.9 Å². The molecule has 1 aliphatic rings. The Balaban J connectivity index is 2.08. The van der Waals surface area contributed by atoms with Gasteiger partial charge in [-0.15, -0.1) is 16.9 Å². The van der Waals surface area contributed by atoms with Gasteiger partial charge in [0.25, 0.3) is 0 Å². The first-order chi connectivity index (χ1) is 17.4. The molecule has 36 heavy (non-hydrogen) atoms. The van der Waals surface area contributed by atoms with Crippen LogP contribution in [0.25, 0.3) is 5.65 Å². The fourth-order valence-electron chi connectivity index (χ4n) is 4.35. The highest BCUT2D eigenvalue weighted by molar-refractivity contribution is 7.99. The zero-order valence-corrected chi connectivity index (χ0v) is 24.1. The molecule has 9 nitrogen and oxygen atoms in total. The molecular weight excluding hydrogens is 500 g/mol. The number of ether oxygens (including phenoxy) is 4. The van der Waals surface area contributed by atoms with Crippen molar-refractivity contribution in [3.63, 3.8) is 0 Å². The number of hydrogen-bond donors (Lipinski definition) is 1. The summed E-state index contributed by atoms with van der Waals surface area (Å²) in [5.41, 5.74) is -0.256. The molecule has 4 atom stereocenters. The van der Waals surface area contributed by atoms with Crippen molar-refractivity contribution in [2.45, 2.75) is 100.0 Å². The van der Waals surface area contributed by atoms with E-state index in [9.17, 15) is 5.11 Å². The summed E-state index contributed by atoms with van der Waals surface area (Å²) in [7, 11) is 0. The van der Waals surface area contributed by atoms with E-state index >= 15 is 0 Å². The quantitative estimate of drug-likeness (QED) is 0.237. The zero-order chi connectivity index (χ0) is 26.2. The SMILES string of the molecule is CCCCOC[C@H]1O[C@@](O)(c2cnc3c(SC)nc(SC)nn23)[C@](C)(OCCCC)[C@@H]1OCCCC. The summed E-state index contributed by atoms with van der Waals surface area (Å²) in [4.78, 5) is 9.14. The molecule has 2 aromatic rings. The highest BCUT2D eigenvalue weighted by Crippen LogP contribution is 2.49. The number of aromatic nitrogens is 4. The standard InChI is InChI=1S/C25H42N4O5S2/c1-7-10-13-31-17-18-20(32-14-11-8-2)24(4,33-15-12-9-3)25(30,34-18)19-16-26-21-22(35-5)27-23(36-6)28-29(19)21/h16,18,20,30H,7-15,17H2,1-6H3/t18-,20-,24-,25+/m1/s1. The van der Waals surface area contributed by atoms with Crippen LogP contribution in [-0.2, 0) is 24.7 Å². The van der Waals surface area contributed by atoms with E-state index in [1.54, 1.807) is 10.7 Å². The average molecular weight is 543 g/mol. The number of aliphatic hydroxyl groups is 1. The molecule has 0 saturated carbocycles. The predicted molar refractivity (Wildman–Crippen MR) is 143 cm³/mol. The highest BCUT2D eigenvalue weighted by atomic mass is 32.2. The summed E-state index contributed by atoms with van der Waals surface area (Å²) < 4.78 is 26.9. The topological polar surface area (TPSA) is 100 Å². The van der Waals surface area contributed by atoms with E-state index in [-0.39, 0.29) is 0 Å². The number of unbranched alkanes of at least 4 members (excludes halogenated alkanes) is 3. The Morgan fingerprint density at radius 2 is 1.75 bits per heavy atom. The maximum atomic E-state index is 12.4. The molecule has 1 fully saturated rings. The van der Waals surface area contributed by atoms with Crippen molar-refractivity contribution >= 4 is 29.2 Å². The van der Waals surface area contributed by atoms with Gasteiger partial charge in [-0.05, 0) is 38.7 Å². The first kappa shape index (κ1) is 29.6. The Kier molecular flexibility index (Phi) is 11.3. The summed E-state index contributed by atoms with van der Waals surface area (Å²) >= 11 is 2.91. The molecule has 1 aliphatic heterocycles. The minimum Gasteiger partial charge on any atom is -0.379 e. The molecule has 0 aliphatic carbocycles. The number of hydrogen-bond acceptors (Lipinski definition) is 10. The third kappa shape index (κ3) is 6.03. The Morgan fingerprint density at radius 3 is 2.42 bits per heavy atom. The van der Waals surface area contributed by atoms with Crippen LogP contribution in [0, 0.1) is 0 Å². The molecule has 1 saturated heterocycles. The van der Waals surface area contributed by atoms with Crippen molar-refractivity contribution in [1.29, 1.82) is 0 Å². The van der Waals surface area contributed by atoms with E-state index in [2.05, 4.69) is 35.8 Å². The van der Waals surface area contributed by atoms with Gasteiger partial charge in [-0.1, -0.05) is 51.8 Å². The number of rotatable bonds is 16. The third-order valence-corrected chi connectivity index (χ3v) is 7.73. The van der Waals surface area contributed by atoms with E-state index in [1.807, 2.05) is 19.4 Å². The Morgan fingerprint density at radius 1 is 1.06 bits per heavy atom. The molecular formula is C25H42N4O5S2. The van der Waals surface area contributed by atoms with Crippen LogP contribution in [0.3, 0.4) is 0 Å². The largest absolute Gasteiger partial charge is 0.379 e. The minimum absolute atomic E-state index is 0.295. The van der Waals surface area contributed by atoms with Gasteiger partial charge < -0.3 is 24.1 Å². The predicted octanol–water partition coefficient (Wildman–Crippen LogP) is 4.69. The molecule has 11 heteroatoms. The molecule has 0 radical (unpaired) electrons. The average Bonchev–Trinajstić information content (AvgIpc) is 3.40. The smallest absolute Gasteiger partial charge is 0.244 e. The van der Waals surface area contributed by atoms with Gasteiger partial charge in [0, 0.05) is 19.8 Å². The first-order valence-electron chi connectivity index (χ1n) is 13.0. The van der Waals surface area contributed by atoms with Crippen molar-refractivity contribution in [2.75, 3.05) is 38.9 Å². The lowest BCUT2D eigenvalue weighted by atomic mass is 9.87. The van der Waals surface area contributed by atoms with Gasteiger partial charge >= 0.3 is 0 Å². The van der Waals surface area contributed by atoms with Gasteiger partial charge in [-0.3, -0.25) is 0 Å². The van der Waals surface area contributed by atoms with Crippen LogP contribution in [0.1, 0.15) is 71.9 Å². The number of fused-ring (bicyclic) bond motifs is 1. The van der Waals surface area contributed by atoms with E-state index < -0.39 is 23.6 Å². The van der Waals surface area contributed by atoms with Crippen LogP contribution in [0.4, 0.5) is 0 Å². The number of imidazole rings is 1. The summed E-state index contributed by atoms with van der Waals surface area (Å²) in [6.45, 7) is 10.2. The molecule has 0 amide bonds. The lowest BCUT2D eigenvalue weighted by Crippen LogP contribution is -2.56. The van der Waals surface area contributed by atoms with Gasteiger partial charge in [-0.25, -0.2) is 14.5 Å². The van der Waals surface area contributed by atoms with Crippen LogP contribution < -0.4 is 0 Å². The van der Waals surface area contributed by atoms with Crippen molar-refractivity contribution in [1.82, 2.24) is 19.6 Å². The van der Waals surface area contributed by atoms with Crippen LogP contribution in [0.2, 0.25) is 0 Å². The van der Waals surface area contributed by atoms with Gasteiger partial charge in [0.2, 0.25) is 10.9 Å². The van der Waals surface area contributed by atoms with Crippen molar-refractivity contribution < 1.29 is 24.1 Å². The molecule has 0 spiro atoms. The van der Waals surface area contributed by atoms with Gasteiger partial charge in [0.1, 0.15) is 22.9 Å². The van der Waals surface area contributed by atoms with Crippen molar-refractivity contribution in [2.24, 2.45) is 0 Å². The molecule has 1 N–H and O–H groups in total. The monoisotopic (exact) mass is 542 g/mol. The highest BCUT2D eigenvalue weighted by Gasteiger charge is 2.67. The van der Waals surface area contributed by atoms with E-state index in [0.717, 1.165) is 43.6 Å². The fourth-order valence-corrected chi connectivity index (χ4v) is 5.25. The maximum Gasteiger partial charge on any atom is 0.244 e. The third-order valence-electron chi connectivity index (χ3n) is 6.53. The fraction of sp³-hybridized carbons (Fsp3) is 0.800. The summed E-state index contributed by atoms with van der Waals surface area (Å²) in [6.07, 6.45) is 10.1. The van der Waals surface area contributed by atoms with Crippen LogP contribution >= 0.6 is 23.5 Å². The normalized spacial score (nSPS) is 26.3. The van der Waals surface area contributed by atoms with Gasteiger partial charge in [0.15, 0.2) is 11.2 Å². The summed E-state index contributed by atoms with van der Waals surface area (Å²) in [5.74, 6) is -1.87. The summed E-state index contributed by atoms with van der Waals surface area (Å²) in [5, 5.41) is 18.3. The number of nitrogens with zero attached hydrogens (tertiary/aromatic N) is 4. The van der Waals surface area contributed by atoms with E-state index in [4.69, 9.17) is 18.9 Å². The van der Waals surface area contributed by atoms with Crippen LogP contribution in [0.15, 0.2) is 16.4 Å². The molecule has 0 aromatic carbocycles.